The van der Waals surface area contributed by atoms with E-state index in [0.717, 1.165) is 4.90 Å². The number of rotatable bonds is 4. The summed E-state index contributed by atoms with van der Waals surface area (Å²) in [5.41, 5.74) is -1.14. The van der Waals surface area contributed by atoms with Crippen molar-refractivity contribution >= 4 is 29.2 Å². The van der Waals surface area contributed by atoms with Crippen molar-refractivity contribution in [1.29, 1.82) is 0 Å². The molecule has 0 aliphatic carbocycles. The standard InChI is InChI=1S/C17H13ClFN3O4/c1-17(10-5-7-11(8-6-10)22(25)26)15(23)21(16(24)20-17)9-12-13(18)3-2-4-14(12)19/h2-8H,9H2,1H3,(H,20,24)/t17-/m1/s1. The summed E-state index contributed by atoms with van der Waals surface area (Å²) in [5.74, 6) is -1.22. The molecule has 0 aromatic heterocycles. The highest BCUT2D eigenvalue weighted by Gasteiger charge is 2.49. The lowest BCUT2D eigenvalue weighted by Gasteiger charge is -2.22. The van der Waals surface area contributed by atoms with Crippen LogP contribution in [0.15, 0.2) is 42.5 Å². The van der Waals surface area contributed by atoms with Crippen LogP contribution in [0.3, 0.4) is 0 Å². The van der Waals surface area contributed by atoms with Gasteiger partial charge >= 0.3 is 6.03 Å². The highest BCUT2D eigenvalue weighted by Crippen LogP contribution is 2.32. The van der Waals surface area contributed by atoms with E-state index in [-0.39, 0.29) is 22.8 Å². The molecule has 1 N–H and O–H groups in total. The van der Waals surface area contributed by atoms with Crippen LogP contribution in [-0.2, 0) is 16.9 Å². The number of halogens is 2. The fraction of sp³-hybridized carbons (Fsp3) is 0.176. The van der Waals surface area contributed by atoms with Gasteiger partial charge < -0.3 is 5.32 Å². The molecular weight excluding hydrogens is 365 g/mol. The molecule has 3 rings (SSSR count). The molecule has 1 saturated heterocycles. The van der Waals surface area contributed by atoms with Crippen LogP contribution < -0.4 is 5.32 Å². The third kappa shape index (κ3) is 2.88. The number of benzene rings is 2. The predicted octanol–water partition coefficient (Wildman–Crippen LogP) is 3.35. The second kappa shape index (κ2) is 6.38. The van der Waals surface area contributed by atoms with E-state index in [1.165, 1.54) is 49.4 Å². The number of hydrogen-bond acceptors (Lipinski definition) is 4. The van der Waals surface area contributed by atoms with Gasteiger partial charge in [-0.25, -0.2) is 9.18 Å². The highest BCUT2D eigenvalue weighted by molar-refractivity contribution is 6.31. The molecule has 0 spiro atoms. The Morgan fingerprint density at radius 1 is 1.23 bits per heavy atom. The first-order chi connectivity index (χ1) is 12.2. The Balaban J connectivity index is 1.91. The topological polar surface area (TPSA) is 92.6 Å². The number of hydrogen-bond donors (Lipinski definition) is 1. The fourth-order valence-electron chi connectivity index (χ4n) is 2.79. The summed E-state index contributed by atoms with van der Waals surface area (Å²) in [4.78, 5) is 36.2. The maximum absolute atomic E-state index is 14.0. The van der Waals surface area contributed by atoms with Crippen molar-refractivity contribution in [2.75, 3.05) is 0 Å². The molecule has 0 bridgehead atoms. The summed E-state index contributed by atoms with van der Waals surface area (Å²) < 4.78 is 14.0. The molecule has 2 aromatic carbocycles. The molecule has 0 unspecified atom stereocenters. The molecule has 2 aromatic rings. The first-order valence-corrected chi connectivity index (χ1v) is 7.94. The van der Waals surface area contributed by atoms with Crippen molar-refractivity contribution in [3.05, 3.63) is 74.5 Å². The first kappa shape index (κ1) is 17.8. The van der Waals surface area contributed by atoms with Gasteiger partial charge in [0.05, 0.1) is 11.5 Å². The summed E-state index contributed by atoms with van der Waals surface area (Å²) in [6.07, 6.45) is 0. The van der Waals surface area contributed by atoms with Gasteiger partial charge in [0.25, 0.3) is 11.6 Å². The lowest BCUT2D eigenvalue weighted by Crippen LogP contribution is -2.40. The van der Waals surface area contributed by atoms with Gasteiger partial charge in [0, 0.05) is 22.7 Å². The minimum atomic E-state index is -1.41. The predicted molar refractivity (Wildman–Crippen MR) is 90.9 cm³/mol. The van der Waals surface area contributed by atoms with E-state index in [1.807, 2.05) is 0 Å². The maximum atomic E-state index is 14.0. The molecule has 3 amide bonds. The third-order valence-corrected chi connectivity index (χ3v) is 4.66. The number of carbonyl (C=O) groups excluding carboxylic acids is 2. The summed E-state index contributed by atoms with van der Waals surface area (Å²) >= 11 is 5.97. The Bertz CT molecular complexity index is 898. The molecule has 1 atom stereocenters. The number of imide groups is 1. The molecule has 26 heavy (non-hydrogen) atoms. The van der Waals surface area contributed by atoms with E-state index in [2.05, 4.69) is 5.32 Å². The first-order valence-electron chi connectivity index (χ1n) is 7.56. The number of carbonyl (C=O) groups is 2. The van der Waals surface area contributed by atoms with E-state index in [0.29, 0.717) is 5.56 Å². The molecule has 9 heteroatoms. The summed E-state index contributed by atoms with van der Waals surface area (Å²) in [6, 6.07) is 8.67. The van der Waals surface area contributed by atoms with E-state index in [9.17, 15) is 24.1 Å². The number of urea groups is 1. The van der Waals surface area contributed by atoms with Gasteiger partial charge in [-0.2, -0.15) is 0 Å². The van der Waals surface area contributed by atoms with Crippen LogP contribution in [0.25, 0.3) is 0 Å². The molecular formula is C17H13ClFN3O4. The average Bonchev–Trinajstić information content (AvgIpc) is 2.82. The van der Waals surface area contributed by atoms with Gasteiger partial charge in [0.2, 0.25) is 0 Å². The molecule has 1 fully saturated rings. The quantitative estimate of drug-likeness (QED) is 0.502. The van der Waals surface area contributed by atoms with Crippen molar-refractivity contribution < 1.29 is 18.9 Å². The van der Waals surface area contributed by atoms with Crippen molar-refractivity contribution in [1.82, 2.24) is 10.2 Å². The van der Waals surface area contributed by atoms with Gasteiger partial charge in [-0.05, 0) is 36.8 Å². The van der Waals surface area contributed by atoms with Crippen LogP contribution in [0.4, 0.5) is 14.9 Å². The Morgan fingerprint density at radius 3 is 2.46 bits per heavy atom. The van der Waals surface area contributed by atoms with Crippen molar-refractivity contribution in [3.63, 3.8) is 0 Å². The minimum Gasteiger partial charge on any atom is -0.319 e. The Morgan fingerprint density at radius 2 is 1.88 bits per heavy atom. The fourth-order valence-corrected chi connectivity index (χ4v) is 3.02. The van der Waals surface area contributed by atoms with Crippen LogP contribution in [0.1, 0.15) is 18.1 Å². The van der Waals surface area contributed by atoms with Crippen molar-refractivity contribution in [3.8, 4) is 0 Å². The Labute approximate surface area is 152 Å². The molecule has 7 nitrogen and oxygen atoms in total. The van der Waals surface area contributed by atoms with Gasteiger partial charge in [0.15, 0.2) is 0 Å². The lowest BCUT2D eigenvalue weighted by atomic mass is 9.92. The smallest absolute Gasteiger partial charge is 0.319 e. The minimum absolute atomic E-state index is 0.0330. The average molecular weight is 378 g/mol. The summed E-state index contributed by atoms with van der Waals surface area (Å²) in [5, 5.41) is 13.4. The monoisotopic (exact) mass is 377 g/mol. The van der Waals surface area contributed by atoms with Crippen molar-refractivity contribution in [2.45, 2.75) is 19.0 Å². The van der Waals surface area contributed by atoms with Gasteiger partial charge in [0.1, 0.15) is 11.4 Å². The van der Waals surface area contributed by atoms with Crippen LogP contribution in [0.2, 0.25) is 5.02 Å². The van der Waals surface area contributed by atoms with E-state index >= 15 is 0 Å². The van der Waals surface area contributed by atoms with E-state index < -0.39 is 28.2 Å². The lowest BCUT2D eigenvalue weighted by molar-refractivity contribution is -0.384. The SMILES string of the molecule is C[C@]1(c2ccc([N+](=O)[O-])cc2)NC(=O)N(Cc2c(F)cccc2Cl)C1=O. The van der Waals surface area contributed by atoms with Gasteiger partial charge in [-0.3, -0.25) is 19.8 Å². The molecule has 0 radical (unpaired) electrons. The van der Waals surface area contributed by atoms with Crippen LogP contribution in [0.5, 0.6) is 0 Å². The maximum Gasteiger partial charge on any atom is 0.325 e. The number of nitrogens with zero attached hydrogens (tertiary/aromatic N) is 2. The summed E-state index contributed by atoms with van der Waals surface area (Å²) in [6.45, 7) is 1.16. The number of amides is 3. The van der Waals surface area contributed by atoms with Crippen LogP contribution >= 0.6 is 11.6 Å². The summed E-state index contributed by atoms with van der Waals surface area (Å²) in [7, 11) is 0. The highest BCUT2D eigenvalue weighted by atomic mass is 35.5. The Hall–Kier alpha value is -3.00. The number of non-ortho nitro benzene ring substituents is 1. The molecule has 1 aliphatic heterocycles. The molecule has 1 heterocycles. The zero-order chi connectivity index (χ0) is 19.1. The zero-order valence-electron chi connectivity index (χ0n) is 13.5. The van der Waals surface area contributed by atoms with Crippen molar-refractivity contribution in [2.24, 2.45) is 0 Å². The molecule has 134 valence electrons. The third-order valence-electron chi connectivity index (χ3n) is 4.31. The van der Waals surface area contributed by atoms with E-state index in [4.69, 9.17) is 11.6 Å². The zero-order valence-corrected chi connectivity index (χ0v) is 14.3. The normalized spacial score (nSPS) is 19.6. The Kier molecular flexibility index (Phi) is 4.37. The molecule has 0 saturated carbocycles. The van der Waals surface area contributed by atoms with Crippen LogP contribution in [-0.4, -0.2) is 21.8 Å². The number of nitro benzene ring substituents is 1. The number of nitro groups is 1. The van der Waals surface area contributed by atoms with E-state index in [1.54, 1.807) is 0 Å². The van der Waals surface area contributed by atoms with Gasteiger partial charge in [-0.1, -0.05) is 17.7 Å². The molecule has 1 aliphatic rings. The van der Waals surface area contributed by atoms with Gasteiger partial charge in [-0.15, -0.1) is 0 Å². The van der Waals surface area contributed by atoms with Crippen LogP contribution in [0, 0.1) is 15.9 Å². The number of nitrogens with one attached hydrogen (secondary N) is 1. The second-order valence-corrected chi connectivity index (χ2v) is 6.36. The second-order valence-electron chi connectivity index (χ2n) is 5.95. The largest absolute Gasteiger partial charge is 0.325 e.